The van der Waals surface area contributed by atoms with Gasteiger partial charge in [-0.3, -0.25) is 4.98 Å². The molecule has 24 heavy (non-hydrogen) atoms. The maximum atomic E-state index is 4.79. The largest absolute Gasteiger partial charge is 0.255 e. The summed E-state index contributed by atoms with van der Waals surface area (Å²) in [6.07, 6.45) is 4.18. The molecule has 0 N–H and O–H groups in total. The third-order valence-electron chi connectivity index (χ3n) is 5.02. The highest BCUT2D eigenvalue weighted by atomic mass is 14.7. The van der Waals surface area contributed by atoms with Crippen molar-refractivity contribution in [1.29, 1.82) is 0 Å². The third kappa shape index (κ3) is 2.05. The molecule has 0 saturated carbocycles. The normalized spacial score (nSPS) is 12.7. The van der Waals surface area contributed by atoms with Crippen LogP contribution in [-0.4, -0.2) is 4.98 Å². The fraction of sp³-hybridized carbons (Fsp3) is 0.0870. The second-order valence-electron chi connectivity index (χ2n) is 6.41. The zero-order valence-corrected chi connectivity index (χ0v) is 13.4. The summed E-state index contributed by atoms with van der Waals surface area (Å²) in [5.74, 6) is 0. The topological polar surface area (TPSA) is 12.9 Å². The Bertz CT molecular complexity index is 1040. The van der Waals surface area contributed by atoms with Gasteiger partial charge in [-0.25, -0.2) is 0 Å². The van der Waals surface area contributed by atoms with E-state index in [1.54, 1.807) is 0 Å². The molecule has 0 saturated heterocycles. The number of benzene rings is 3. The first-order chi connectivity index (χ1) is 11.9. The lowest BCUT2D eigenvalue weighted by molar-refractivity contribution is 0.938. The Morgan fingerprint density at radius 2 is 1.54 bits per heavy atom. The molecule has 4 aromatic rings. The number of aromatic nitrogens is 1. The fourth-order valence-corrected chi connectivity index (χ4v) is 3.79. The Morgan fingerprint density at radius 3 is 2.46 bits per heavy atom. The van der Waals surface area contributed by atoms with Crippen molar-refractivity contribution in [2.45, 2.75) is 12.8 Å². The first kappa shape index (κ1) is 13.5. The Hall–Kier alpha value is -2.93. The quantitative estimate of drug-likeness (QED) is 0.441. The van der Waals surface area contributed by atoms with Crippen molar-refractivity contribution in [2.75, 3.05) is 0 Å². The molecule has 0 atom stereocenters. The monoisotopic (exact) mass is 307 g/mol. The molecule has 1 nitrogen and oxygen atoms in total. The maximum Gasteiger partial charge on any atom is 0.0743 e. The predicted molar refractivity (Wildman–Crippen MR) is 100 cm³/mol. The smallest absolute Gasteiger partial charge is 0.0743 e. The summed E-state index contributed by atoms with van der Waals surface area (Å²) in [5.41, 5.74) is 7.80. The van der Waals surface area contributed by atoms with Gasteiger partial charge in [0, 0.05) is 17.1 Å². The molecule has 0 aliphatic heterocycles. The van der Waals surface area contributed by atoms with Crippen LogP contribution < -0.4 is 0 Å². The lowest BCUT2D eigenvalue weighted by Crippen LogP contribution is -2.06. The average Bonchev–Trinajstić information content (AvgIpc) is 2.67. The highest BCUT2D eigenvalue weighted by Gasteiger charge is 2.19. The van der Waals surface area contributed by atoms with Crippen molar-refractivity contribution in [1.82, 2.24) is 4.98 Å². The van der Waals surface area contributed by atoms with Crippen LogP contribution in [0.4, 0.5) is 0 Å². The van der Waals surface area contributed by atoms with E-state index in [4.69, 9.17) is 4.98 Å². The van der Waals surface area contributed by atoms with Crippen LogP contribution >= 0.6 is 0 Å². The maximum absolute atomic E-state index is 4.79. The number of hydrogen-bond donors (Lipinski definition) is 0. The van der Waals surface area contributed by atoms with Crippen LogP contribution in [0.1, 0.15) is 11.1 Å². The van der Waals surface area contributed by atoms with Crippen molar-refractivity contribution in [2.24, 2.45) is 0 Å². The van der Waals surface area contributed by atoms with E-state index in [1.807, 2.05) is 6.20 Å². The molecule has 0 spiro atoms. The van der Waals surface area contributed by atoms with Gasteiger partial charge in [0.05, 0.1) is 5.69 Å². The van der Waals surface area contributed by atoms with E-state index in [0.717, 1.165) is 18.5 Å². The first-order valence-electron chi connectivity index (χ1n) is 8.45. The van der Waals surface area contributed by atoms with Crippen LogP contribution in [0.2, 0.25) is 0 Å². The zero-order valence-electron chi connectivity index (χ0n) is 13.4. The van der Waals surface area contributed by atoms with Crippen LogP contribution in [0.3, 0.4) is 0 Å². The van der Waals surface area contributed by atoms with Gasteiger partial charge < -0.3 is 0 Å². The van der Waals surface area contributed by atoms with E-state index < -0.39 is 0 Å². The summed E-state index contributed by atoms with van der Waals surface area (Å²) in [5, 5.41) is 2.57. The van der Waals surface area contributed by atoms with E-state index in [9.17, 15) is 0 Å². The molecular weight excluding hydrogens is 290 g/mol. The molecule has 0 amide bonds. The number of rotatable bonds is 1. The number of nitrogens with zero attached hydrogens (tertiary/aromatic N) is 1. The highest BCUT2D eigenvalue weighted by Crippen LogP contribution is 2.36. The predicted octanol–water partition coefficient (Wildman–Crippen LogP) is 5.67. The van der Waals surface area contributed by atoms with Gasteiger partial charge in [-0.2, -0.15) is 0 Å². The number of aryl methyl sites for hydroxylation is 2. The molecule has 0 unspecified atom stereocenters. The van der Waals surface area contributed by atoms with E-state index >= 15 is 0 Å². The third-order valence-corrected chi connectivity index (χ3v) is 5.02. The van der Waals surface area contributed by atoms with Gasteiger partial charge in [-0.15, -0.1) is 0 Å². The molecule has 1 aliphatic carbocycles. The average molecular weight is 307 g/mol. The Morgan fingerprint density at radius 1 is 0.708 bits per heavy atom. The van der Waals surface area contributed by atoms with Crippen molar-refractivity contribution in [3.63, 3.8) is 0 Å². The second-order valence-corrected chi connectivity index (χ2v) is 6.41. The second kappa shape index (κ2) is 5.31. The van der Waals surface area contributed by atoms with Crippen LogP contribution in [0.15, 0.2) is 79.0 Å². The van der Waals surface area contributed by atoms with Gasteiger partial charge in [-0.05, 0) is 46.5 Å². The van der Waals surface area contributed by atoms with E-state index in [2.05, 4.69) is 72.8 Å². The van der Waals surface area contributed by atoms with Crippen molar-refractivity contribution in [3.8, 4) is 22.4 Å². The molecule has 3 aromatic carbocycles. The van der Waals surface area contributed by atoms with E-state index in [1.165, 1.54) is 38.6 Å². The van der Waals surface area contributed by atoms with Crippen molar-refractivity contribution < 1.29 is 0 Å². The van der Waals surface area contributed by atoms with Gasteiger partial charge in [-0.1, -0.05) is 66.7 Å². The molecule has 5 rings (SSSR count). The number of fused-ring (bicyclic) bond motifs is 5. The molecule has 1 aliphatic rings. The summed E-state index contributed by atoms with van der Waals surface area (Å²) in [7, 11) is 0. The number of hydrogen-bond acceptors (Lipinski definition) is 1. The summed E-state index contributed by atoms with van der Waals surface area (Å²) in [4.78, 5) is 4.79. The first-order valence-corrected chi connectivity index (χ1v) is 8.45. The summed E-state index contributed by atoms with van der Waals surface area (Å²) in [6, 6.07) is 26.0. The Kier molecular flexibility index (Phi) is 2.99. The van der Waals surface area contributed by atoms with Crippen LogP contribution in [0, 0.1) is 0 Å². The van der Waals surface area contributed by atoms with Gasteiger partial charge in [0.25, 0.3) is 0 Å². The van der Waals surface area contributed by atoms with Gasteiger partial charge in [0.1, 0.15) is 0 Å². The molecule has 114 valence electrons. The summed E-state index contributed by atoms with van der Waals surface area (Å²) >= 11 is 0. The number of pyridine rings is 1. The van der Waals surface area contributed by atoms with Crippen molar-refractivity contribution >= 4 is 10.8 Å². The molecular formula is C23H17N. The van der Waals surface area contributed by atoms with Crippen LogP contribution in [-0.2, 0) is 12.8 Å². The van der Waals surface area contributed by atoms with Gasteiger partial charge in [0.2, 0.25) is 0 Å². The van der Waals surface area contributed by atoms with Crippen LogP contribution in [0.5, 0.6) is 0 Å². The molecule has 1 aromatic heterocycles. The Balaban J connectivity index is 1.76. The molecule has 0 radical (unpaired) electrons. The minimum atomic E-state index is 1.06. The highest BCUT2D eigenvalue weighted by molar-refractivity contribution is 5.94. The lowest BCUT2D eigenvalue weighted by atomic mass is 9.86. The van der Waals surface area contributed by atoms with E-state index in [-0.39, 0.29) is 0 Å². The molecule has 1 heterocycles. The standard InChI is InChI=1S/C23H17N/c1-2-6-16(7-3-1)18-10-11-19-15-24-23-20-9-5-4-8-17(20)12-13-21(23)22(19)14-18/h1-11,14-15H,12-13H2. The molecule has 0 bridgehead atoms. The zero-order chi connectivity index (χ0) is 15.9. The fourth-order valence-electron chi connectivity index (χ4n) is 3.79. The van der Waals surface area contributed by atoms with Gasteiger partial charge >= 0.3 is 0 Å². The van der Waals surface area contributed by atoms with Crippen molar-refractivity contribution in [3.05, 3.63) is 90.1 Å². The molecule has 1 heteroatoms. The lowest BCUT2D eigenvalue weighted by Gasteiger charge is -2.20. The SMILES string of the molecule is c1ccc(-c2ccc3cnc4c(c3c2)CCc2ccccc2-4)cc1. The van der Waals surface area contributed by atoms with Crippen LogP contribution in [0.25, 0.3) is 33.2 Å². The Labute approximate surface area is 141 Å². The minimum Gasteiger partial charge on any atom is -0.255 e. The summed E-state index contributed by atoms with van der Waals surface area (Å²) in [6.45, 7) is 0. The molecule has 0 fully saturated rings. The van der Waals surface area contributed by atoms with Gasteiger partial charge in [0.15, 0.2) is 0 Å². The summed E-state index contributed by atoms with van der Waals surface area (Å²) < 4.78 is 0. The minimum absolute atomic E-state index is 1.06. The van der Waals surface area contributed by atoms with E-state index in [0.29, 0.717) is 0 Å².